The van der Waals surface area contributed by atoms with Crippen LogP contribution < -0.4 is 15.6 Å². The number of pyridine rings is 1. The second-order valence-corrected chi connectivity index (χ2v) is 9.08. The summed E-state index contributed by atoms with van der Waals surface area (Å²) in [4.78, 5) is 30.6. The Kier molecular flexibility index (Phi) is 5.53. The zero-order valence-corrected chi connectivity index (χ0v) is 18.5. The molecule has 2 N–H and O–H groups in total. The Morgan fingerprint density at radius 2 is 1.84 bits per heavy atom. The molecule has 3 aliphatic rings. The number of nitrogens with zero attached hydrogens (tertiary/aromatic N) is 3. The number of rotatable bonds is 4. The number of aliphatic hydroxyl groups excluding tert-OH is 1. The summed E-state index contributed by atoms with van der Waals surface area (Å²) < 4.78 is 7.02. The highest BCUT2D eigenvalue weighted by Crippen LogP contribution is 2.43. The lowest BCUT2D eigenvalue weighted by atomic mass is 9.88. The van der Waals surface area contributed by atoms with E-state index >= 15 is 0 Å². The summed E-state index contributed by atoms with van der Waals surface area (Å²) in [5, 5.41) is 13.7. The molecule has 4 atom stereocenters. The van der Waals surface area contributed by atoms with Crippen LogP contribution in [0.2, 0.25) is 0 Å². The van der Waals surface area contributed by atoms with E-state index in [1.54, 1.807) is 11.7 Å². The minimum absolute atomic E-state index is 0.0141. The van der Waals surface area contributed by atoms with E-state index in [9.17, 15) is 14.7 Å². The fraction of sp³-hybridized carbons (Fsp3) is 0.500. The van der Waals surface area contributed by atoms with Gasteiger partial charge in [0, 0.05) is 62.4 Å². The number of amides is 1. The zero-order valence-electron chi connectivity index (χ0n) is 18.5. The Balaban J connectivity index is 1.40. The predicted molar refractivity (Wildman–Crippen MR) is 120 cm³/mol. The van der Waals surface area contributed by atoms with Gasteiger partial charge < -0.3 is 24.2 Å². The van der Waals surface area contributed by atoms with Crippen molar-refractivity contribution in [3.63, 3.8) is 0 Å². The highest BCUT2D eigenvalue weighted by molar-refractivity contribution is 5.83. The second kappa shape index (κ2) is 8.35. The summed E-state index contributed by atoms with van der Waals surface area (Å²) in [5.41, 5.74) is 2.34. The maximum atomic E-state index is 13.3. The summed E-state index contributed by atoms with van der Waals surface area (Å²) in [6, 6.07) is 10.8. The van der Waals surface area contributed by atoms with Crippen LogP contribution in [0.4, 0.5) is 0 Å². The first kappa shape index (κ1) is 21.2. The molecule has 2 saturated heterocycles. The molecule has 1 aromatic heterocycles. The molecule has 0 saturated carbocycles. The van der Waals surface area contributed by atoms with Crippen LogP contribution in [0.15, 0.2) is 41.2 Å². The van der Waals surface area contributed by atoms with Crippen LogP contribution in [0.3, 0.4) is 0 Å². The third-order valence-electron chi connectivity index (χ3n) is 7.38. The number of methoxy groups -OCH3 is 1. The molecule has 2 fully saturated rings. The molecule has 0 spiro atoms. The van der Waals surface area contributed by atoms with Crippen molar-refractivity contribution in [3.05, 3.63) is 52.4 Å². The van der Waals surface area contributed by atoms with Crippen LogP contribution >= 0.6 is 0 Å². The van der Waals surface area contributed by atoms with Gasteiger partial charge in [-0.3, -0.25) is 14.9 Å². The van der Waals surface area contributed by atoms with Crippen LogP contribution in [-0.4, -0.2) is 78.4 Å². The minimum atomic E-state index is -0.413. The molecular weight excluding hydrogens is 408 g/mol. The van der Waals surface area contributed by atoms with Gasteiger partial charge >= 0.3 is 0 Å². The molecule has 8 heteroatoms. The van der Waals surface area contributed by atoms with Gasteiger partial charge in [0.1, 0.15) is 5.75 Å². The highest BCUT2D eigenvalue weighted by Gasteiger charge is 2.51. The van der Waals surface area contributed by atoms with E-state index in [1.807, 2.05) is 41.3 Å². The summed E-state index contributed by atoms with van der Waals surface area (Å²) in [7, 11) is 3.68. The zero-order chi connectivity index (χ0) is 22.4. The number of benzene rings is 1. The van der Waals surface area contributed by atoms with E-state index < -0.39 is 6.04 Å². The number of carbonyl (C=O) groups is 1. The maximum Gasteiger partial charge on any atom is 0.258 e. The Bertz CT molecular complexity index is 1060. The number of fused-ring (bicyclic) bond motifs is 3. The van der Waals surface area contributed by atoms with E-state index in [4.69, 9.17) is 4.74 Å². The van der Waals surface area contributed by atoms with E-state index in [-0.39, 0.29) is 36.0 Å². The van der Waals surface area contributed by atoms with Gasteiger partial charge in [-0.1, -0.05) is 12.1 Å². The minimum Gasteiger partial charge on any atom is -0.497 e. The van der Waals surface area contributed by atoms with Crippen molar-refractivity contribution in [2.75, 3.05) is 46.9 Å². The van der Waals surface area contributed by atoms with Crippen LogP contribution in [0.1, 0.15) is 11.7 Å². The van der Waals surface area contributed by atoms with Crippen molar-refractivity contribution in [2.45, 2.75) is 18.6 Å². The van der Waals surface area contributed by atoms with Crippen LogP contribution in [-0.2, 0) is 11.3 Å². The van der Waals surface area contributed by atoms with Crippen molar-refractivity contribution in [1.29, 1.82) is 0 Å². The van der Waals surface area contributed by atoms with Crippen molar-refractivity contribution in [3.8, 4) is 16.9 Å². The van der Waals surface area contributed by atoms with Crippen LogP contribution in [0.5, 0.6) is 5.75 Å². The summed E-state index contributed by atoms with van der Waals surface area (Å²) >= 11 is 0. The summed E-state index contributed by atoms with van der Waals surface area (Å²) in [6.45, 7) is 3.58. The van der Waals surface area contributed by atoms with Gasteiger partial charge in [0.15, 0.2) is 0 Å². The monoisotopic (exact) mass is 438 g/mol. The highest BCUT2D eigenvalue weighted by atomic mass is 16.5. The number of hydrogen-bond acceptors (Lipinski definition) is 6. The van der Waals surface area contributed by atoms with E-state index in [2.05, 4.69) is 17.3 Å². The first-order chi connectivity index (χ1) is 15.5. The van der Waals surface area contributed by atoms with Gasteiger partial charge in [-0.25, -0.2) is 0 Å². The second-order valence-electron chi connectivity index (χ2n) is 9.08. The fourth-order valence-electron chi connectivity index (χ4n) is 5.45. The molecular formula is C24H30N4O4. The van der Waals surface area contributed by atoms with Crippen molar-refractivity contribution < 1.29 is 14.6 Å². The number of ether oxygens (including phenoxy) is 1. The Morgan fingerprint density at radius 1 is 1.12 bits per heavy atom. The summed E-state index contributed by atoms with van der Waals surface area (Å²) in [5.74, 6) is 0.613. The molecule has 0 bridgehead atoms. The number of likely N-dealkylation sites (N-methyl/N-ethyl adjacent to an activating group) is 1. The largest absolute Gasteiger partial charge is 0.497 e. The molecule has 8 nitrogen and oxygen atoms in total. The molecule has 170 valence electrons. The first-order valence-corrected chi connectivity index (χ1v) is 11.2. The van der Waals surface area contributed by atoms with Crippen LogP contribution in [0, 0.1) is 11.8 Å². The number of piperazine rings is 1. The van der Waals surface area contributed by atoms with Crippen LogP contribution in [0.25, 0.3) is 11.1 Å². The normalized spacial score (nSPS) is 27.3. The van der Waals surface area contributed by atoms with Gasteiger partial charge in [-0.05, 0) is 36.9 Å². The molecule has 0 unspecified atom stereocenters. The maximum absolute atomic E-state index is 13.3. The Morgan fingerprint density at radius 3 is 2.50 bits per heavy atom. The molecule has 1 aromatic carbocycles. The van der Waals surface area contributed by atoms with Gasteiger partial charge in [0.2, 0.25) is 5.91 Å². The van der Waals surface area contributed by atoms with Gasteiger partial charge in [-0.2, -0.15) is 0 Å². The smallest absolute Gasteiger partial charge is 0.258 e. The Labute approximate surface area is 187 Å². The third-order valence-corrected chi connectivity index (χ3v) is 7.38. The van der Waals surface area contributed by atoms with Crippen molar-refractivity contribution in [2.24, 2.45) is 11.8 Å². The Hall–Kier alpha value is -2.68. The fourth-order valence-corrected chi connectivity index (χ4v) is 5.45. The number of nitrogens with one attached hydrogen (secondary N) is 1. The predicted octanol–water partition coefficient (Wildman–Crippen LogP) is 0.549. The molecule has 0 radical (unpaired) electrons. The third kappa shape index (κ3) is 3.43. The SMILES string of the molecule is COc1ccc(-c2ccc3n(c2=O)C[C@H]2[C@H](CO)[C@@H](C(=O)N4CCN(C)CC4)N[C@@H]32)cc1. The topological polar surface area (TPSA) is 87.0 Å². The standard InChI is InChI=1S/C24H30N4O4/c1-26-9-11-27(12-10-26)24(31)22-19(14-29)18-13-28-20(21(18)25-22)8-7-17(23(28)30)15-3-5-16(32-2)6-4-15/h3-8,18-19,21-22,25,29H,9-14H2,1-2H3/t18-,19-,21+,22-/m0/s1. The van der Waals surface area contributed by atoms with E-state index in [0.29, 0.717) is 25.2 Å². The van der Waals surface area contributed by atoms with Gasteiger partial charge in [0.05, 0.1) is 19.2 Å². The van der Waals surface area contributed by atoms with E-state index in [0.717, 1.165) is 30.1 Å². The van der Waals surface area contributed by atoms with Crippen molar-refractivity contribution >= 4 is 5.91 Å². The molecule has 5 rings (SSSR count). The quantitative estimate of drug-likeness (QED) is 0.725. The van der Waals surface area contributed by atoms with Gasteiger partial charge in [-0.15, -0.1) is 0 Å². The lowest BCUT2D eigenvalue weighted by molar-refractivity contribution is -0.136. The molecule has 32 heavy (non-hydrogen) atoms. The molecule has 1 amide bonds. The number of carbonyl (C=O) groups excluding carboxylic acids is 1. The lowest BCUT2D eigenvalue weighted by Gasteiger charge is -2.35. The number of aliphatic hydroxyl groups is 1. The number of hydrogen-bond donors (Lipinski definition) is 2. The van der Waals surface area contributed by atoms with Crippen molar-refractivity contribution in [1.82, 2.24) is 19.7 Å². The lowest BCUT2D eigenvalue weighted by Crippen LogP contribution is -2.54. The first-order valence-electron chi connectivity index (χ1n) is 11.2. The number of aromatic nitrogens is 1. The van der Waals surface area contributed by atoms with E-state index in [1.165, 1.54) is 0 Å². The molecule has 2 aromatic rings. The molecule has 0 aliphatic carbocycles. The summed E-state index contributed by atoms with van der Waals surface area (Å²) in [6.07, 6.45) is 0. The average molecular weight is 439 g/mol. The molecule has 3 aliphatic heterocycles. The van der Waals surface area contributed by atoms with Gasteiger partial charge in [0.25, 0.3) is 5.56 Å². The molecule has 4 heterocycles. The average Bonchev–Trinajstić information content (AvgIpc) is 3.36.